The average molecular weight is 467 g/mol. The maximum atomic E-state index is 12.5. The van der Waals surface area contributed by atoms with Gasteiger partial charge in [-0.2, -0.15) is 13.2 Å². The standard InChI is InChI=1S/C21H20F3N3O4S/c1-12(31-20(28)21(22,23)24)11-26-32(29,30)15-6-4-13(5-7-15)16-8-9-25-19-17(16)10-18(27-19)14-2-3-14/h4-10,12,14,26H,2-3,11H2,1H3,(H,25,27)/t12-/m0/s1. The maximum absolute atomic E-state index is 12.5. The zero-order valence-electron chi connectivity index (χ0n) is 16.9. The van der Waals surface area contributed by atoms with Gasteiger partial charge in [0.25, 0.3) is 0 Å². The molecule has 1 atom stereocenters. The lowest BCUT2D eigenvalue weighted by molar-refractivity contribution is -0.203. The fourth-order valence-electron chi connectivity index (χ4n) is 3.33. The summed E-state index contributed by atoms with van der Waals surface area (Å²) in [5, 5.41) is 0.948. The third-order valence-corrected chi connectivity index (χ3v) is 6.59. The molecule has 1 aromatic carbocycles. The number of hydrogen-bond acceptors (Lipinski definition) is 5. The topological polar surface area (TPSA) is 101 Å². The van der Waals surface area contributed by atoms with Crippen LogP contribution < -0.4 is 4.72 Å². The van der Waals surface area contributed by atoms with E-state index in [1.807, 2.05) is 6.07 Å². The number of benzene rings is 1. The summed E-state index contributed by atoms with van der Waals surface area (Å²) >= 11 is 0. The van der Waals surface area contributed by atoms with Gasteiger partial charge >= 0.3 is 12.1 Å². The summed E-state index contributed by atoms with van der Waals surface area (Å²) in [7, 11) is -4.01. The summed E-state index contributed by atoms with van der Waals surface area (Å²) in [6, 6.07) is 10.0. The number of nitrogens with one attached hydrogen (secondary N) is 2. The Bertz CT molecular complexity index is 1250. The highest BCUT2D eigenvalue weighted by atomic mass is 32.2. The first kappa shape index (κ1) is 22.3. The summed E-state index contributed by atoms with van der Waals surface area (Å²) in [4.78, 5) is 18.5. The van der Waals surface area contributed by atoms with Crippen LogP contribution in [0.2, 0.25) is 0 Å². The number of aromatic nitrogens is 2. The molecule has 0 amide bonds. The Morgan fingerprint density at radius 2 is 1.94 bits per heavy atom. The van der Waals surface area contributed by atoms with Crippen LogP contribution in [-0.2, 0) is 19.6 Å². The SMILES string of the molecule is C[C@@H](CNS(=O)(=O)c1ccc(-c2ccnc3[nH]c(C4CC4)cc23)cc1)OC(=O)C(F)(F)F. The molecule has 0 radical (unpaired) electrons. The van der Waals surface area contributed by atoms with Crippen LogP contribution in [0.5, 0.6) is 0 Å². The number of carbonyl (C=O) groups excluding carboxylic acids is 1. The van der Waals surface area contributed by atoms with Crippen LogP contribution in [-0.4, -0.2) is 43.2 Å². The monoisotopic (exact) mass is 467 g/mol. The molecule has 3 aromatic rings. The maximum Gasteiger partial charge on any atom is 0.490 e. The molecule has 7 nitrogen and oxygen atoms in total. The molecule has 0 bridgehead atoms. The van der Waals surface area contributed by atoms with E-state index in [-0.39, 0.29) is 4.90 Å². The van der Waals surface area contributed by atoms with Crippen molar-refractivity contribution in [3.05, 3.63) is 48.3 Å². The summed E-state index contributed by atoms with van der Waals surface area (Å²) < 4.78 is 68.0. The van der Waals surface area contributed by atoms with Crippen molar-refractivity contribution in [2.45, 2.75) is 42.9 Å². The van der Waals surface area contributed by atoms with Crippen LogP contribution >= 0.6 is 0 Å². The van der Waals surface area contributed by atoms with E-state index in [1.54, 1.807) is 18.3 Å². The third-order valence-electron chi connectivity index (χ3n) is 5.15. The van der Waals surface area contributed by atoms with Gasteiger partial charge in [0, 0.05) is 23.8 Å². The highest BCUT2D eigenvalue weighted by molar-refractivity contribution is 7.89. The summed E-state index contributed by atoms with van der Waals surface area (Å²) in [5.74, 6) is -1.83. The quantitative estimate of drug-likeness (QED) is 0.514. The fraction of sp³-hybridized carbons (Fsp3) is 0.333. The van der Waals surface area contributed by atoms with Crippen molar-refractivity contribution in [1.82, 2.24) is 14.7 Å². The van der Waals surface area contributed by atoms with Crippen molar-refractivity contribution < 1.29 is 31.1 Å². The molecule has 0 aliphatic heterocycles. The number of carbonyl (C=O) groups is 1. The molecule has 170 valence electrons. The molecule has 2 aromatic heterocycles. The van der Waals surface area contributed by atoms with Gasteiger partial charge in [0.2, 0.25) is 10.0 Å². The van der Waals surface area contributed by atoms with Crippen LogP contribution in [0.25, 0.3) is 22.2 Å². The van der Waals surface area contributed by atoms with Gasteiger partial charge in [-0.1, -0.05) is 12.1 Å². The molecular weight excluding hydrogens is 447 g/mol. The molecule has 2 heterocycles. The second kappa shape index (κ2) is 8.21. The molecule has 32 heavy (non-hydrogen) atoms. The number of esters is 1. The predicted octanol–water partition coefficient (Wildman–Crippen LogP) is 3.88. The van der Waals surface area contributed by atoms with Gasteiger partial charge < -0.3 is 9.72 Å². The molecular formula is C21H20F3N3O4S. The number of ether oxygens (including phenoxy) is 1. The largest absolute Gasteiger partial charge is 0.490 e. The molecule has 1 aliphatic carbocycles. The number of aromatic amines is 1. The lowest BCUT2D eigenvalue weighted by Crippen LogP contribution is -2.36. The van der Waals surface area contributed by atoms with Crippen molar-refractivity contribution in [2.75, 3.05) is 6.54 Å². The first-order chi connectivity index (χ1) is 15.0. The van der Waals surface area contributed by atoms with Crippen LogP contribution in [0.15, 0.2) is 47.5 Å². The molecule has 1 saturated carbocycles. The van der Waals surface area contributed by atoms with Crippen molar-refractivity contribution in [2.24, 2.45) is 0 Å². The van der Waals surface area contributed by atoms with Gasteiger partial charge in [-0.3, -0.25) is 0 Å². The van der Waals surface area contributed by atoms with Gasteiger partial charge in [0.05, 0.1) is 4.90 Å². The Kier molecular flexibility index (Phi) is 5.72. The number of rotatable bonds is 7. The first-order valence-corrected chi connectivity index (χ1v) is 11.4. The molecule has 1 aliphatic rings. The zero-order chi connectivity index (χ0) is 23.1. The van der Waals surface area contributed by atoms with E-state index in [9.17, 15) is 26.4 Å². The van der Waals surface area contributed by atoms with Crippen LogP contribution in [0.1, 0.15) is 31.4 Å². The summed E-state index contributed by atoms with van der Waals surface area (Å²) in [6.07, 6.45) is -2.45. The minimum atomic E-state index is -5.14. The normalized spacial score (nSPS) is 15.6. The minimum absolute atomic E-state index is 0.0614. The number of nitrogens with zero attached hydrogens (tertiary/aromatic N) is 1. The van der Waals surface area contributed by atoms with Crippen molar-refractivity contribution in [3.8, 4) is 11.1 Å². The van der Waals surface area contributed by atoms with E-state index in [2.05, 4.69) is 25.5 Å². The van der Waals surface area contributed by atoms with Gasteiger partial charge in [-0.05, 0) is 61.1 Å². The molecule has 0 unspecified atom stereocenters. The Hall–Kier alpha value is -2.92. The third kappa shape index (κ3) is 4.78. The predicted molar refractivity (Wildman–Crippen MR) is 110 cm³/mol. The molecule has 11 heteroatoms. The second-order valence-electron chi connectivity index (χ2n) is 7.71. The highest BCUT2D eigenvalue weighted by Crippen LogP contribution is 2.41. The number of halogens is 3. The van der Waals surface area contributed by atoms with E-state index in [1.165, 1.54) is 12.1 Å². The Morgan fingerprint density at radius 3 is 2.56 bits per heavy atom. The first-order valence-electron chi connectivity index (χ1n) is 9.90. The van der Waals surface area contributed by atoms with Crippen molar-refractivity contribution in [1.29, 1.82) is 0 Å². The Balaban J connectivity index is 1.47. The molecule has 0 spiro atoms. The van der Waals surface area contributed by atoms with Crippen molar-refractivity contribution >= 4 is 27.0 Å². The second-order valence-corrected chi connectivity index (χ2v) is 9.48. The van der Waals surface area contributed by atoms with E-state index < -0.39 is 34.8 Å². The van der Waals surface area contributed by atoms with E-state index >= 15 is 0 Å². The Morgan fingerprint density at radius 1 is 1.25 bits per heavy atom. The number of sulfonamides is 1. The van der Waals surface area contributed by atoms with Crippen molar-refractivity contribution in [3.63, 3.8) is 0 Å². The summed E-state index contributed by atoms with van der Waals surface area (Å²) in [5.41, 5.74) is 3.61. The van der Waals surface area contributed by atoms with Crippen LogP contribution in [0.4, 0.5) is 13.2 Å². The lowest BCUT2D eigenvalue weighted by Gasteiger charge is -2.15. The Labute approximate surface area is 182 Å². The van der Waals surface area contributed by atoms with E-state index in [4.69, 9.17) is 0 Å². The molecule has 2 N–H and O–H groups in total. The average Bonchev–Trinajstić information content (AvgIpc) is 3.50. The number of H-pyrrole nitrogens is 1. The zero-order valence-corrected chi connectivity index (χ0v) is 17.8. The smallest absolute Gasteiger partial charge is 0.455 e. The number of hydrogen-bond donors (Lipinski definition) is 2. The molecule has 1 fully saturated rings. The fourth-order valence-corrected chi connectivity index (χ4v) is 4.44. The van der Waals surface area contributed by atoms with Crippen LogP contribution in [0.3, 0.4) is 0 Å². The van der Waals surface area contributed by atoms with Crippen LogP contribution in [0, 0.1) is 0 Å². The van der Waals surface area contributed by atoms with Gasteiger partial charge in [0.15, 0.2) is 0 Å². The van der Waals surface area contributed by atoms with Gasteiger partial charge in [-0.15, -0.1) is 0 Å². The lowest BCUT2D eigenvalue weighted by atomic mass is 10.0. The molecule has 0 saturated heterocycles. The number of fused-ring (bicyclic) bond motifs is 1. The van der Waals surface area contributed by atoms with Gasteiger partial charge in [0.1, 0.15) is 11.8 Å². The molecule has 4 rings (SSSR count). The van der Waals surface area contributed by atoms with E-state index in [0.29, 0.717) is 5.92 Å². The van der Waals surface area contributed by atoms with Gasteiger partial charge in [-0.25, -0.2) is 22.9 Å². The highest BCUT2D eigenvalue weighted by Gasteiger charge is 2.41. The number of alkyl halides is 3. The van der Waals surface area contributed by atoms with E-state index in [0.717, 1.165) is 47.6 Å². The summed E-state index contributed by atoms with van der Waals surface area (Å²) in [6.45, 7) is 0.668. The number of pyridine rings is 1. The minimum Gasteiger partial charge on any atom is -0.455 e.